The molecule has 1 aliphatic carbocycles. The minimum atomic E-state index is 1.02. The van der Waals surface area contributed by atoms with Gasteiger partial charge in [0.2, 0.25) is 0 Å². The van der Waals surface area contributed by atoms with Crippen molar-refractivity contribution in [2.75, 3.05) is 0 Å². The molecule has 0 saturated heterocycles. The maximum absolute atomic E-state index is 3.43. The van der Waals surface area contributed by atoms with Gasteiger partial charge in [0, 0.05) is 17.5 Å². The number of aromatic nitrogens is 1. The van der Waals surface area contributed by atoms with Gasteiger partial charge in [-0.1, -0.05) is 36.4 Å². The average molecular weight is 313 g/mol. The first-order valence-corrected chi connectivity index (χ1v) is 8.64. The van der Waals surface area contributed by atoms with Crippen LogP contribution in [-0.2, 0) is 6.42 Å². The van der Waals surface area contributed by atoms with Gasteiger partial charge in [0.05, 0.1) is 0 Å². The van der Waals surface area contributed by atoms with Gasteiger partial charge in [-0.25, -0.2) is 0 Å². The molecule has 120 valence electrons. The summed E-state index contributed by atoms with van der Waals surface area (Å²) in [5.74, 6) is 0. The van der Waals surface area contributed by atoms with E-state index < -0.39 is 0 Å². The zero-order valence-corrected chi connectivity index (χ0v) is 14.8. The van der Waals surface area contributed by atoms with Crippen molar-refractivity contribution >= 4 is 16.3 Å². The second kappa shape index (κ2) is 5.52. The first-order chi connectivity index (χ1) is 11.6. The van der Waals surface area contributed by atoms with Crippen molar-refractivity contribution in [2.45, 2.75) is 34.1 Å². The highest BCUT2D eigenvalue weighted by Gasteiger charge is 2.20. The molecule has 0 aliphatic heterocycles. The van der Waals surface area contributed by atoms with Crippen molar-refractivity contribution in [3.63, 3.8) is 0 Å². The van der Waals surface area contributed by atoms with E-state index in [2.05, 4.69) is 75.2 Å². The van der Waals surface area contributed by atoms with Crippen LogP contribution in [0.15, 0.2) is 54.3 Å². The molecule has 3 aromatic rings. The quantitative estimate of drug-likeness (QED) is 0.567. The molecular weight excluding hydrogens is 290 g/mol. The highest BCUT2D eigenvalue weighted by molar-refractivity contribution is 6.07. The SMILES string of the molecule is C/C=C\C1=C(C)c2ccc(C)c3c(-c4[nH]ccc4C)ccc(c23)C1. The van der Waals surface area contributed by atoms with Crippen LogP contribution in [0, 0.1) is 13.8 Å². The third-order valence-electron chi connectivity index (χ3n) is 5.31. The lowest BCUT2D eigenvalue weighted by molar-refractivity contribution is 1.19. The van der Waals surface area contributed by atoms with E-state index in [-0.39, 0.29) is 0 Å². The predicted octanol–water partition coefficient (Wildman–Crippen LogP) is 6.36. The summed E-state index contributed by atoms with van der Waals surface area (Å²) >= 11 is 0. The van der Waals surface area contributed by atoms with Gasteiger partial charge >= 0.3 is 0 Å². The van der Waals surface area contributed by atoms with E-state index in [9.17, 15) is 0 Å². The fraction of sp³-hybridized carbons (Fsp3) is 0.217. The summed E-state index contributed by atoms with van der Waals surface area (Å²) in [7, 11) is 0. The lowest BCUT2D eigenvalue weighted by atomic mass is 9.81. The van der Waals surface area contributed by atoms with E-state index in [4.69, 9.17) is 0 Å². The van der Waals surface area contributed by atoms with Crippen LogP contribution in [0.4, 0.5) is 0 Å². The number of aromatic amines is 1. The smallest absolute Gasteiger partial charge is 0.0490 e. The second-order valence-corrected chi connectivity index (χ2v) is 6.81. The number of nitrogens with one attached hydrogen (secondary N) is 1. The van der Waals surface area contributed by atoms with Crippen LogP contribution in [-0.4, -0.2) is 4.98 Å². The molecule has 0 bridgehead atoms. The third-order valence-corrected chi connectivity index (χ3v) is 5.31. The maximum atomic E-state index is 3.43. The second-order valence-electron chi connectivity index (χ2n) is 6.81. The molecule has 0 radical (unpaired) electrons. The minimum absolute atomic E-state index is 1.02. The Labute approximate surface area is 143 Å². The summed E-state index contributed by atoms with van der Waals surface area (Å²) in [5.41, 5.74) is 10.9. The van der Waals surface area contributed by atoms with Crippen molar-refractivity contribution in [2.24, 2.45) is 0 Å². The Morgan fingerprint density at radius 2 is 1.67 bits per heavy atom. The minimum Gasteiger partial charge on any atom is -0.361 e. The first-order valence-electron chi connectivity index (χ1n) is 8.64. The Hall–Kier alpha value is -2.54. The molecule has 1 aliphatic rings. The van der Waals surface area contributed by atoms with E-state index in [0.29, 0.717) is 0 Å². The number of allylic oxidation sites excluding steroid dienone is 4. The van der Waals surface area contributed by atoms with Gasteiger partial charge in [-0.15, -0.1) is 0 Å². The molecule has 1 nitrogen and oxygen atoms in total. The number of aryl methyl sites for hydroxylation is 2. The molecule has 1 aromatic heterocycles. The molecule has 0 saturated carbocycles. The van der Waals surface area contributed by atoms with E-state index in [0.717, 1.165) is 6.42 Å². The molecule has 1 heterocycles. The molecule has 0 spiro atoms. The lowest BCUT2D eigenvalue weighted by Gasteiger charge is -2.23. The van der Waals surface area contributed by atoms with Crippen LogP contribution < -0.4 is 0 Å². The molecule has 0 unspecified atom stereocenters. The highest BCUT2D eigenvalue weighted by atomic mass is 14.7. The molecular formula is C23H23N. The largest absolute Gasteiger partial charge is 0.361 e. The molecule has 2 aromatic carbocycles. The molecule has 1 N–H and O–H groups in total. The third kappa shape index (κ3) is 2.08. The lowest BCUT2D eigenvalue weighted by Crippen LogP contribution is -2.03. The van der Waals surface area contributed by atoms with Crippen LogP contribution in [0.5, 0.6) is 0 Å². The van der Waals surface area contributed by atoms with Crippen LogP contribution in [0.1, 0.15) is 36.1 Å². The van der Waals surface area contributed by atoms with Crippen LogP contribution in [0.3, 0.4) is 0 Å². The van der Waals surface area contributed by atoms with Crippen molar-refractivity contribution in [1.29, 1.82) is 0 Å². The Morgan fingerprint density at radius 1 is 0.875 bits per heavy atom. The van der Waals surface area contributed by atoms with E-state index in [1.807, 2.05) is 6.20 Å². The van der Waals surface area contributed by atoms with Crippen molar-refractivity contribution in [3.8, 4) is 11.3 Å². The number of rotatable bonds is 2. The van der Waals surface area contributed by atoms with Gasteiger partial charge in [-0.2, -0.15) is 0 Å². The summed E-state index contributed by atoms with van der Waals surface area (Å²) in [6.45, 7) is 8.75. The van der Waals surface area contributed by atoms with Crippen LogP contribution in [0.2, 0.25) is 0 Å². The molecule has 24 heavy (non-hydrogen) atoms. The summed E-state index contributed by atoms with van der Waals surface area (Å²) in [6.07, 6.45) is 7.46. The molecule has 0 fully saturated rings. The highest BCUT2D eigenvalue weighted by Crippen LogP contribution is 2.42. The number of hydrogen-bond donors (Lipinski definition) is 1. The zero-order chi connectivity index (χ0) is 16.8. The van der Waals surface area contributed by atoms with Gasteiger partial charge in [-0.3, -0.25) is 0 Å². The monoisotopic (exact) mass is 313 g/mol. The Bertz CT molecular complexity index is 1010. The van der Waals surface area contributed by atoms with Gasteiger partial charge in [-0.05, 0) is 84.4 Å². The summed E-state index contributed by atoms with van der Waals surface area (Å²) in [5, 5.41) is 2.83. The van der Waals surface area contributed by atoms with Gasteiger partial charge in [0.25, 0.3) is 0 Å². The van der Waals surface area contributed by atoms with E-state index in [1.54, 1.807) is 0 Å². The standard InChI is InChI=1S/C23H23N/c1-5-6-17-13-18-8-10-20(23-15(3)11-12-24-23)21-14(2)7-9-19(16(17)4)22(18)21/h5-12,24H,13H2,1-4H3/b6-5-. The van der Waals surface area contributed by atoms with Gasteiger partial charge in [0.1, 0.15) is 0 Å². The van der Waals surface area contributed by atoms with Crippen LogP contribution >= 0.6 is 0 Å². The fourth-order valence-corrected chi connectivity index (χ4v) is 4.04. The molecule has 4 rings (SSSR count). The molecule has 0 amide bonds. The van der Waals surface area contributed by atoms with Crippen molar-refractivity contribution in [1.82, 2.24) is 4.98 Å². The molecule has 0 atom stereocenters. The number of benzene rings is 2. The maximum Gasteiger partial charge on any atom is 0.0490 e. The summed E-state index contributed by atoms with van der Waals surface area (Å²) in [6, 6.07) is 11.3. The topological polar surface area (TPSA) is 15.8 Å². The normalized spacial score (nSPS) is 14.2. The summed E-state index contributed by atoms with van der Waals surface area (Å²) < 4.78 is 0. The van der Waals surface area contributed by atoms with E-state index >= 15 is 0 Å². The fourth-order valence-electron chi connectivity index (χ4n) is 4.04. The number of hydrogen-bond acceptors (Lipinski definition) is 0. The van der Waals surface area contributed by atoms with Crippen molar-refractivity contribution in [3.05, 3.63) is 76.5 Å². The first kappa shape index (κ1) is 15.0. The number of H-pyrrole nitrogens is 1. The van der Waals surface area contributed by atoms with E-state index in [1.165, 1.54) is 55.4 Å². The van der Waals surface area contributed by atoms with Gasteiger partial charge < -0.3 is 4.98 Å². The average Bonchev–Trinajstić information content (AvgIpc) is 3.00. The Kier molecular flexibility index (Phi) is 3.45. The predicted molar refractivity (Wildman–Crippen MR) is 104 cm³/mol. The Balaban J connectivity index is 2.11. The van der Waals surface area contributed by atoms with Crippen molar-refractivity contribution < 1.29 is 0 Å². The summed E-state index contributed by atoms with van der Waals surface area (Å²) in [4.78, 5) is 3.43. The Morgan fingerprint density at radius 3 is 2.38 bits per heavy atom. The molecule has 1 heteroatoms. The van der Waals surface area contributed by atoms with Gasteiger partial charge in [0.15, 0.2) is 0 Å². The zero-order valence-electron chi connectivity index (χ0n) is 14.8. The van der Waals surface area contributed by atoms with Crippen LogP contribution in [0.25, 0.3) is 27.6 Å².